The monoisotopic (exact) mass is 177 g/mol. The molecule has 13 heavy (non-hydrogen) atoms. The molecule has 2 nitrogen and oxygen atoms in total. The van der Waals surface area contributed by atoms with Gasteiger partial charge in [0.2, 0.25) is 5.88 Å². The molecule has 1 aromatic heterocycles. The lowest BCUT2D eigenvalue weighted by atomic mass is 10.2. The van der Waals surface area contributed by atoms with Gasteiger partial charge in [-0.2, -0.15) is 0 Å². The van der Waals surface area contributed by atoms with E-state index in [1.54, 1.807) is 0 Å². The Morgan fingerprint density at radius 3 is 2.85 bits per heavy atom. The number of hydrogen-bond donors (Lipinski definition) is 0. The van der Waals surface area contributed by atoms with Crippen LogP contribution in [-0.2, 0) is 6.42 Å². The molecular formula is C11H15NO. The van der Waals surface area contributed by atoms with Crippen molar-refractivity contribution in [1.82, 2.24) is 4.98 Å². The Hall–Kier alpha value is -1.05. The topological polar surface area (TPSA) is 22.1 Å². The maximum absolute atomic E-state index is 5.52. The Bertz CT molecular complexity index is 264. The molecule has 2 heteroatoms. The van der Waals surface area contributed by atoms with Gasteiger partial charge in [0.25, 0.3) is 0 Å². The first-order valence-corrected chi connectivity index (χ1v) is 4.96. The van der Waals surface area contributed by atoms with Crippen molar-refractivity contribution in [3.63, 3.8) is 0 Å². The molecule has 1 fully saturated rings. The fourth-order valence-electron chi connectivity index (χ4n) is 1.19. The summed E-state index contributed by atoms with van der Waals surface area (Å²) in [6, 6.07) is 4.04. The highest BCUT2D eigenvalue weighted by Gasteiger charge is 2.21. The molecule has 0 N–H and O–H groups in total. The molecule has 1 aliphatic rings. The zero-order valence-corrected chi connectivity index (χ0v) is 7.99. The standard InChI is InChI=1S/C11H15NO/c1-2-9-5-6-11(12-7-9)13-8-10-3-4-10/h5-7,10H,2-4,8H2,1H3. The summed E-state index contributed by atoms with van der Waals surface area (Å²) >= 11 is 0. The Kier molecular flexibility index (Phi) is 2.48. The number of rotatable bonds is 4. The number of pyridine rings is 1. The molecule has 1 aromatic rings. The fraction of sp³-hybridized carbons (Fsp3) is 0.545. The van der Waals surface area contributed by atoms with Crippen molar-refractivity contribution < 1.29 is 4.74 Å². The van der Waals surface area contributed by atoms with Crippen molar-refractivity contribution in [1.29, 1.82) is 0 Å². The number of hydrogen-bond acceptors (Lipinski definition) is 2. The number of aryl methyl sites for hydroxylation is 1. The van der Waals surface area contributed by atoms with Gasteiger partial charge in [-0.25, -0.2) is 4.98 Å². The van der Waals surface area contributed by atoms with E-state index in [0.29, 0.717) is 0 Å². The SMILES string of the molecule is CCc1ccc(OCC2CC2)nc1. The normalized spacial score (nSPS) is 15.8. The Morgan fingerprint density at radius 2 is 2.31 bits per heavy atom. The third-order valence-corrected chi connectivity index (χ3v) is 2.37. The second-order valence-corrected chi connectivity index (χ2v) is 3.61. The molecule has 70 valence electrons. The van der Waals surface area contributed by atoms with Crippen molar-refractivity contribution in [2.75, 3.05) is 6.61 Å². The van der Waals surface area contributed by atoms with Crippen LogP contribution in [0.4, 0.5) is 0 Å². The summed E-state index contributed by atoms with van der Waals surface area (Å²) < 4.78 is 5.52. The minimum absolute atomic E-state index is 0.768. The van der Waals surface area contributed by atoms with E-state index in [-0.39, 0.29) is 0 Å². The van der Waals surface area contributed by atoms with Crippen LogP contribution in [0, 0.1) is 5.92 Å². The van der Waals surface area contributed by atoms with Gasteiger partial charge in [0.15, 0.2) is 0 Å². The molecule has 0 aromatic carbocycles. The fourth-order valence-corrected chi connectivity index (χ4v) is 1.19. The van der Waals surface area contributed by atoms with Crippen LogP contribution in [-0.4, -0.2) is 11.6 Å². The lowest BCUT2D eigenvalue weighted by molar-refractivity contribution is 0.288. The van der Waals surface area contributed by atoms with Gasteiger partial charge in [0, 0.05) is 12.3 Å². The van der Waals surface area contributed by atoms with Crippen LogP contribution in [0.2, 0.25) is 0 Å². The minimum Gasteiger partial charge on any atom is -0.477 e. The lowest BCUT2D eigenvalue weighted by Gasteiger charge is -2.03. The molecule has 0 amide bonds. The van der Waals surface area contributed by atoms with Gasteiger partial charge in [-0.1, -0.05) is 13.0 Å². The molecule has 0 bridgehead atoms. The van der Waals surface area contributed by atoms with Gasteiger partial charge in [-0.3, -0.25) is 0 Å². The van der Waals surface area contributed by atoms with Crippen molar-refractivity contribution >= 4 is 0 Å². The van der Waals surface area contributed by atoms with Crippen molar-refractivity contribution in [2.45, 2.75) is 26.2 Å². The third-order valence-electron chi connectivity index (χ3n) is 2.37. The van der Waals surface area contributed by atoms with E-state index in [1.165, 1.54) is 18.4 Å². The molecule has 0 unspecified atom stereocenters. The predicted octanol–water partition coefficient (Wildman–Crippen LogP) is 2.43. The number of aromatic nitrogens is 1. The first-order valence-electron chi connectivity index (χ1n) is 4.96. The second kappa shape index (κ2) is 3.77. The summed E-state index contributed by atoms with van der Waals surface area (Å²) in [7, 11) is 0. The second-order valence-electron chi connectivity index (χ2n) is 3.61. The highest BCUT2D eigenvalue weighted by Crippen LogP contribution is 2.29. The summed E-state index contributed by atoms with van der Waals surface area (Å²) in [5.41, 5.74) is 1.26. The van der Waals surface area contributed by atoms with E-state index in [2.05, 4.69) is 18.0 Å². The Balaban J connectivity index is 1.88. The van der Waals surface area contributed by atoms with Crippen LogP contribution >= 0.6 is 0 Å². The third kappa shape index (κ3) is 2.44. The smallest absolute Gasteiger partial charge is 0.213 e. The molecule has 0 atom stereocenters. The van der Waals surface area contributed by atoms with Crippen LogP contribution in [0.5, 0.6) is 5.88 Å². The van der Waals surface area contributed by atoms with Crippen molar-refractivity contribution in [3.05, 3.63) is 23.9 Å². The first kappa shape index (κ1) is 8.54. The molecule has 1 saturated carbocycles. The van der Waals surface area contributed by atoms with Crippen LogP contribution in [0.25, 0.3) is 0 Å². The van der Waals surface area contributed by atoms with Crippen LogP contribution in [0.15, 0.2) is 18.3 Å². The van der Waals surface area contributed by atoms with Crippen LogP contribution in [0.3, 0.4) is 0 Å². The zero-order chi connectivity index (χ0) is 9.10. The van der Waals surface area contributed by atoms with E-state index in [9.17, 15) is 0 Å². The summed E-state index contributed by atoms with van der Waals surface area (Å²) in [4.78, 5) is 4.23. The average Bonchev–Trinajstić information content (AvgIpc) is 2.99. The minimum atomic E-state index is 0.768. The average molecular weight is 177 g/mol. The quantitative estimate of drug-likeness (QED) is 0.704. The predicted molar refractivity (Wildman–Crippen MR) is 51.8 cm³/mol. The molecule has 1 heterocycles. The molecule has 2 rings (SSSR count). The van der Waals surface area contributed by atoms with E-state index < -0.39 is 0 Å². The summed E-state index contributed by atoms with van der Waals surface area (Å²) in [6.45, 7) is 2.97. The van der Waals surface area contributed by atoms with Crippen molar-refractivity contribution in [3.8, 4) is 5.88 Å². The molecule has 1 aliphatic carbocycles. The highest BCUT2D eigenvalue weighted by atomic mass is 16.5. The lowest BCUT2D eigenvalue weighted by Crippen LogP contribution is -2.00. The first-order chi connectivity index (χ1) is 6.38. The van der Waals surface area contributed by atoms with Crippen LogP contribution in [0.1, 0.15) is 25.3 Å². The summed E-state index contributed by atoms with van der Waals surface area (Å²) in [5.74, 6) is 1.57. The van der Waals surface area contributed by atoms with E-state index >= 15 is 0 Å². The molecule has 0 radical (unpaired) electrons. The van der Waals surface area contributed by atoms with E-state index in [4.69, 9.17) is 4.74 Å². The largest absolute Gasteiger partial charge is 0.477 e. The van der Waals surface area contributed by atoms with E-state index in [1.807, 2.05) is 12.3 Å². The zero-order valence-electron chi connectivity index (χ0n) is 7.99. The number of nitrogens with zero attached hydrogens (tertiary/aromatic N) is 1. The molecule has 0 aliphatic heterocycles. The van der Waals surface area contributed by atoms with Gasteiger partial charge in [-0.05, 0) is 30.7 Å². The highest BCUT2D eigenvalue weighted by molar-refractivity contribution is 5.17. The summed E-state index contributed by atoms with van der Waals surface area (Å²) in [6.07, 6.45) is 5.58. The molecular weight excluding hydrogens is 162 g/mol. The van der Waals surface area contributed by atoms with Gasteiger partial charge < -0.3 is 4.74 Å². The Morgan fingerprint density at radius 1 is 1.46 bits per heavy atom. The maximum Gasteiger partial charge on any atom is 0.213 e. The van der Waals surface area contributed by atoms with E-state index in [0.717, 1.165) is 24.8 Å². The number of ether oxygens (including phenoxy) is 1. The Labute approximate surface area is 78.9 Å². The van der Waals surface area contributed by atoms with Gasteiger partial charge >= 0.3 is 0 Å². The van der Waals surface area contributed by atoms with Gasteiger partial charge in [0.05, 0.1) is 6.61 Å². The van der Waals surface area contributed by atoms with Crippen LogP contribution < -0.4 is 4.74 Å². The summed E-state index contributed by atoms with van der Waals surface area (Å²) in [5, 5.41) is 0. The van der Waals surface area contributed by atoms with Gasteiger partial charge in [0.1, 0.15) is 0 Å². The molecule has 0 saturated heterocycles. The molecule has 0 spiro atoms. The van der Waals surface area contributed by atoms with Crippen molar-refractivity contribution in [2.24, 2.45) is 5.92 Å². The van der Waals surface area contributed by atoms with Gasteiger partial charge in [-0.15, -0.1) is 0 Å². The maximum atomic E-state index is 5.52.